The minimum absolute atomic E-state index is 0.0164. The molecule has 0 saturated carbocycles. The molecule has 33 heavy (non-hydrogen) atoms. The summed E-state index contributed by atoms with van der Waals surface area (Å²) in [5.41, 5.74) is 1.77. The van der Waals surface area contributed by atoms with Gasteiger partial charge >= 0.3 is 0 Å². The van der Waals surface area contributed by atoms with Crippen LogP contribution < -0.4 is 20.1 Å². The van der Waals surface area contributed by atoms with Crippen LogP contribution in [0.1, 0.15) is 50.5 Å². The molecule has 2 heterocycles. The average molecular weight is 489 g/mol. The number of anilines is 1. The number of ether oxygens (including phenoxy) is 2. The predicted molar refractivity (Wildman–Crippen MR) is 126 cm³/mol. The second-order valence-corrected chi connectivity index (χ2v) is 9.11. The van der Waals surface area contributed by atoms with Gasteiger partial charge in [0.15, 0.2) is 11.5 Å². The highest BCUT2D eigenvalue weighted by atomic mass is 35.5. The van der Waals surface area contributed by atoms with Crippen molar-refractivity contribution in [1.29, 1.82) is 0 Å². The first-order chi connectivity index (χ1) is 15.8. The van der Waals surface area contributed by atoms with Crippen molar-refractivity contribution in [2.24, 2.45) is 0 Å². The lowest BCUT2D eigenvalue weighted by molar-refractivity contribution is 0.0942. The summed E-state index contributed by atoms with van der Waals surface area (Å²) in [7, 11) is 0. The van der Waals surface area contributed by atoms with Crippen LogP contribution in [0.2, 0.25) is 5.02 Å². The highest BCUT2D eigenvalue weighted by molar-refractivity contribution is 7.18. The Balaban J connectivity index is 1.45. The number of amides is 2. The van der Waals surface area contributed by atoms with Crippen molar-refractivity contribution in [3.63, 3.8) is 0 Å². The van der Waals surface area contributed by atoms with Gasteiger partial charge in [-0.1, -0.05) is 17.7 Å². The van der Waals surface area contributed by atoms with E-state index in [0.29, 0.717) is 34.6 Å². The molecule has 0 aliphatic carbocycles. The molecular weight excluding hydrogens is 467 g/mol. The topological polar surface area (TPSA) is 76.7 Å². The molecule has 1 aliphatic heterocycles. The van der Waals surface area contributed by atoms with E-state index < -0.39 is 11.7 Å². The fraction of sp³-hybridized carbons (Fsp3) is 0.250. The zero-order chi connectivity index (χ0) is 23.5. The van der Waals surface area contributed by atoms with E-state index in [-0.39, 0.29) is 22.5 Å². The van der Waals surface area contributed by atoms with E-state index in [4.69, 9.17) is 21.1 Å². The van der Waals surface area contributed by atoms with Crippen molar-refractivity contribution < 1.29 is 23.5 Å². The van der Waals surface area contributed by atoms with Gasteiger partial charge in [-0.05, 0) is 61.4 Å². The summed E-state index contributed by atoms with van der Waals surface area (Å²) in [5, 5.41) is 6.22. The highest BCUT2D eigenvalue weighted by Gasteiger charge is 2.20. The fourth-order valence-corrected chi connectivity index (χ4v) is 4.64. The van der Waals surface area contributed by atoms with Gasteiger partial charge in [0.1, 0.15) is 5.82 Å². The Morgan fingerprint density at radius 1 is 1.06 bits per heavy atom. The van der Waals surface area contributed by atoms with Gasteiger partial charge in [-0.25, -0.2) is 4.39 Å². The molecule has 1 atom stereocenters. The molecule has 0 spiro atoms. The van der Waals surface area contributed by atoms with E-state index in [9.17, 15) is 14.0 Å². The van der Waals surface area contributed by atoms with Gasteiger partial charge in [0.25, 0.3) is 11.8 Å². The lowest BCUT2D eigenvalue weighted by atomic mass is 10.1. The van der Waals surface area contributed by atoms with Crippen molar-refractivity contribution in [2.75, 3.05) is 18.5 Å². The summed E-state index contributed by atoms with van der Waals surface area (Å²) in [6, 6.07) is 10.6. The van der Waals surface area contributed by atoms with Crippen LogP contribution in [0.4, 0.5) is 9.39 Å². The van der Waals surface area contributed by atoms with Crippen molar-refractivity contribution in [3.8, 4) is 11.5 Å². The van der Waals surface area contributed by atoms with Crippen LogP contribution in [0.5, 0.6) is 11.5 Å². The number of hydrogen-bond donors (Lipinski definition) is 2. The number of aryl methyl sites for hydroxylation is 1. The Morgan fingerprint density at radius 2 is 1.82 bits per heavy atom. The molecule has 1 aliphatic rings. The third-order valence-electron chi connectivity index (χ3n) is 5.16. The molecule has 0 saturated heterocycles. The molecule has 2 N–H and O–H groups in total. The zero-order valence-corrected chi connectivity index (χ0v) is 19.6. The number of carbonyl (C=O) groups excluding carboxylic acids is 2. The third kappa shape index (κ3) is 5.29. The van der Waals surface area contributed by atoms with Crippen LogP contribution in [-0.4, -0.2) is 25.0 Å². The molecule has 4 rings (SSSR count). The summed E-state index contributed by atoms with van der Waals surface area (Å²) in [5.74, 6) is 0.115. The molecule has 172 valence electrons. The van der Waals surface area contributed by atoms with Crippen LogP contribution in [0.3, 0.4) is 0 Å². The van der Waals surface area contributed by atoms with E-state index in [1.165, 1.54) is 12.1 Å². The van der Waals surface area contributed by atoms with Crippen LogP contribution >= 0.6 is 22.9 Å². The van der Waals surface area contributed by atoms with E-state index in [0.717, 1.165) is 35.0 Å². The number of thiophene rings is 1. The van der Waals surface area contributed by atoms with Crippen LogP contribution in [0.15, 0.2) is 42.5 Å². The van der Waals surface area contributed by atoms with Crippen molar-refractivity contribution >= 4 is 39.8 Å². The molecule has 3 aromatic rings. The standard InChI is InChI=1S/C24H22ClFN2O4S/c1-13-10-21(28-23(29)17-6-5-16(26)12-18(17)25)33-22(13)24(30)27-14(2)15-4-7-19-20(11-15)32-9-3-8-31-19/h4-7,10-12,14H,3,8-9H2,1-2H3,(H,27,30)(H,28,29). The number of halogens is 2. The molecule has 0 radical (unpaired) electrons. The minimum atomic E-state index is -0.523. The Morgan fingerprint density at radius 3 is 2.58 bits per heavy atom. The van der Waals surface area contributed by atoms with E-state index in [1.54, 1.807) is 13.0 Å². The minimum Gasteiger partial charge on any atom is -0.490 e. The van der Waals surface area contributed by atoms with E-state index >= 15 is 0 Å². The number of benzene rings is 2. The highest BCUT2D eigenvalue weighted by Crippen LogP contribution is 2.33. The average Bonchev–Trinajstić information content (AvgIpc) is 2.98. The van der Waals surface area contributed by atoms with Crippen molar-refractivity contribution in [2.45, 2.75) is 26.3 Å². The first-order valence-corrected chi connectivity index (χ1v) is 11.6. The number of rotatable bonds is 5. The maximum atomic E-state index is 13.2. The van der Waals surface area contributed by atoms with Gasteiger partial charge in [-0.3, -0.25) is 9.59 Å². The Bertz CT molecular complexity index is 1210. The number of nitrogens with one attached hydrogen (secondary N) is 2. The first kappa shape index (κ1) is 23.1. The largest absolute Gasteiger partial charge is 0.490 e. The third-order valence-corrected chi connectivity index (χ3v) is 6.62. The maximum Gasteiger partial charge on any atom is 0.262 e. The monoisotopic (exact) mass is 488 g/mol. The molecule has 0 fully saturated rings. The van der Waals surface area contributed by atoms with Gasteiger partial charge in [0.05, 0.1) is 39.7 Å². The summed E-state index contributed by atoms with van der Waals surface area (Å²) in [6.45, 7) is 4.88. The van der Waals surface area contributed by atoms with Gasteiger partial charge in [-0.2, -0.15) is 0 Å². The SMILES string of the molecule is Cc1cc(NC(=O)c2ccc(F)cc2Cl)sc1C(=O)NC(C)c1ccc2c(c1)OCCCO2. The molecule has 2 aromatic carbocycles. The number of fused-ring (bicyclic) bond motifs is 1. The Labute approximate surface area is 199 Å². The predicted octanol–water partition coefficient (Wildman–Crippen LogP) is 5.75. The number of carbonyl (C=O) groups is 2. The van der Waals surface area contributed by atoms with Crippen LogP contribution in [0.25, 0.3) is 0 Å². The smallest absolute Gasteiger partial charge is 0.262 e. The molecule has 1 unspecified atom stereocenters. The van der Waals surface area contributed by atoms with Crippen LogP contribution in [-0.2, 0) is 0 Å². The molecule has 1 aromatic heterocycles. The van der Waals surface area contributed by atoms with Gasteiger partial charge in [-0.15, -0.1) is 11.3 Å². The van der Waals surface area contributed by atoms with Gasteiger partial charge < -0.3 is 20.1 Å². The quantitative estimate of drug-likeness (QED) is 0.479. The molecule has 6 nitrogen and oxygen atoms in total. The lowest BCUT2D eigenvalue weighted by Crippen LogP contribution is -2.26. The van der Waals surface area contributed by atoms with Gasteiger partial charge in [0.2, 0.25) is 0 Å². The number of hydrogen-bond acceptors (Lipinski definition) is 5. The second kappa shape index (κ2) is 9.80. The Kier molecular flexibility index (Phi) is 6.85. The molecule has 0 bridgehead atoms. The molecule has 2 amide bonds. The second-order valence-electron chi connectivity index (χ2n) is 7.65. The fourth-order valence-electron chi connectivity index (χ4n) is 3.42. The van der Waals surface area contributed by atoms with Gasteiger partial charge in [0, 0.05) is 6.42 Å². The van der Waals surface area contributed by atoms with E-state index in [1.807, 2.05) is 25.1 Å². The van der Waals surface area contributed by atoms with Crippen molar-refractivity contribution in [1.82, 2.24) is 5.32 Å². The summed E-state index contributed by atoms with van der Waals surface area (Å²) in [4.78, 5) is 25.9. The maximum absolute atomic E-state index is 13.2. The summed E-state index contributed by atoms with van der Waals surface area (Å²) < 4.78 is 24.6. The normalized spacial score (nSPS) is 13.7. The van der Waals surface area contributed by atoms with Crippen molar-refractivity contribution in [3.05, 3.63) is 74.9 Å². The first-order valence-electron chi connectivity index (χ1n) is 10.4. The summed E-state index contributed by atoms with van der Waals surface area (Å²) in [6.07, 6.45) is 0.820. The Hall–Kier alpha value is -3.10. The van der Waals surface area contributed by atoms with Crippen LogP contribution in [0, 0.1) is 12.7 Å². The molecular formula is C24H22ClFN2O4S. The zero-order valence-electron chi connectivity index (χ0n) is 18.0. The summed E-state index contributed by atoms with van der Waals surface area (Å²) >= 11 is 7.12. The molecule has 9 heteroatoms. The lowest BCUT2D eigenvalue weighted by Gasteiger charge is -2.16. The van der Waals surface area contributed by atoms with E-state index in [2.05, 4.69) is 10.6 Å².